The number of ether oxygens (including phenoxy) is 3. The van der Waals surface area contributed by atoms with E-state index in [1.807, 2.05) is 0 Å². The third-order valence-corrected chi connectivity index (χ3v) is 2.87. The van der Waals surface area contributed by atoms with Gasteiger partial charge in [-0.15, -0.1) is 5.10 Å². The molecular weight excluding hydrogens is 290 g/mol. The molecular formula is C14H15N3O5. The molecule has 0 saturated carbocycles. The normalized spacial score (nSPS) is 11.1. The van der Waals surface area contributed by atoms with Crippen LogP contribution in [0.2, 0.25) is 0 Å². The summed E-state index contributed by atoms with van der Waals surface area (Å²) in [6.45, 7) is 0. The van der Waals surface area contributed by atoms with Crippen LogP contribution in [0.25, 0.3) is 10.9 Å². The van der Waals surface area contributed by atoms with E-state index in [4.69, 9.17) is 4.74 Å². The van der Waals surface area contributed by atoms with Crippen LogP contribution in [0.5, 0.6) is 5.88 Å². The average Bonchev–Trinajstić information content (AvgIpc) is 2.95. The van der Waals surface area contributed by atoms with Gasteiger partial charge in [0.2, 0.25) is 5.88 Å². The number of H-pyrrole nitrogens is 1. The first-order chi connectivity index (χ1) is 10.6. The third kappa shape index (κ3) is 3.17. The van der Waals surface area contributed by atoms with E-state index in [1.54, 1.807) is 18.2 Å². The zero-order chi connectivity index (χ0) is 16.1. The maximum absolute atomic E-state index is 11.7. The lowest BCUT2D eigenvalue weighted by Crippen LogP contribution is -2.15. The second-order valence-corrected chi connectivity index (χ2v) is 4.19. The van der Waals surface area contributed by atoms with Gasteiger partial charge < -0.3 is 19.5 Å². The lowest BCUT2D eigenvalue weighted by atomic mass is 10.2. The fraction of sp³-hybridized carbons (Fsp3) is 0.214. The second-order valence-electron chi connectivity index (χ2n) is 4.19. The Hall–Kier alpha value is -3.03. The minimum atomic E-state index is -0.687. The van der Waals surface area contributed by atoms with Crippen LogP contribution in [0.15, 0.2) is 30.0 Å². The quantitative estimate of drug-likeness (QED) is 0.632. The van der Waals surface area contributed by atoms with Crippen LogP contribution < -0.4 is 10.1 Å². The van der Waals surface area contributed by atoms with Crippen molar-refractivity contribution in [3.05, 3.63) is 30.0 Å². The van der Waals surface area contributed by atoms with Gasteiger partial charge >= 0.3 is 11.9 Å². The van der Waals surface area contributed by atoms with Crippen LogP contribution in [-0.4, -0.2) is 43.5 Å². The van der Waals surface area contributed by atoms with Crippen LogP contribution in [0.4, 0.5) is 5.69 Å². The van der Waals surface area contributed by atoms with Crippen LogP contribution in [0, 0.1) is 0 Å². The minimum absolute atomic E-state index is 0.0415. The summed E-state index contributed by atoms with van der Waals surface area (Å²) in [4.78, 5) is 23.0. The molecule has 1 heterocycles. The second kappa shape index (κ2) is 6.61. The topological polar surface area (TPSA) is 103 Å². The first kappa shape index (κ1) is 15.4. The number of hydrogen-bond acceptors (Lipinski definition) is 7. The zero-order valence-electron chi connectivity index (χ0n) is 12.3. The van der Waals surface area contributed by atoms with E-state index in [1.165, 1.54) is 21.3 Å². The van der Waals surface area contributed by atoms with E-state index in [0.717, 1.165) is 11.5 Å². The maximum Gasteiger partial charge on any atom is 0.354 e. The summed E-state index contributed by atoms with van der Waals surface area (Å²) >= 11 is 0. The molecule has 0 atom stereocenters. The van der Waals surface area contributed by atoms with Crippen molar-refractivity contribution in [1.29, 1.82) is 0 Å². The number of carbonyl (C=O) groups excluding carboxylic acids is 2. The molecule has 0 unspecified atom stereocenters. The number of rotatable bonds is 5. The van der Waals surface area contributed by atoms with Gasteiger partial charge in [-0.05, 0) is 18.2 Å². The molecule has 2 aromatic rings. The molecule has 2 N–H and O–H groups in total. The first-order valence-corrected chi connectivity index (χ1v) is 6.26. The van der Waals surface area contributed by atoms with Gasteiger partial charge in [0.25, 0.3) is 0 Å². The largest absolute Gasteiger partial charge is 0.480 e. The monoisotopic (exact) mass is 305 g/mol. The number of hydrogen-bond donors (Lipinski definition) is 2. The number of methoxy groups -OCH3 is 3. The molecule has 0 spiro atoms. The summed E-state index contributed by atoms with van der Waals surface area (Å²) in [5.41, 5.74) is 1.24. The Balaban J connectivity index is 2.31. The number of anilines is 1. The van der Waals surface area contributed by atoms with Gasteiger partial charge in [0.05, 0.1) is 38.3 Å². The predicted molar refractivity (Wildman–Crippen MR) is 78.4 cm³/mol. The van der Waals surface area contributed by atoms with Crippen molar-refractivity contribution < 1.29 is 23.8 Å². The predicted octanol–water partition coefficient (Wildman–Crippen LogP) is 1.21. The molecule has 0 amide bonds. The highest BCUT2D eigenvalue weighted by Crippen LogP contribution is 2.25. The molecule has 0 aliphatic carbocycles. The molecule has 8 heteroatoms. The molecule has 22 heavy (non-hydrogen) atoms. The molecule has 1 aromatic carbocycles. The summed E-state index contributed by atoms with van der Waals surface area (Å²) in [6.07, 6.45) is 1.02. The summed E-state index contributed by atoms with van der Waals surface area (Å²) in [6, 6.07) is 5.21. The first-order valence-electron chi connectivity index (χ1n) is 6.26. The van der Waals surface area contributed by atoms with E-state index in [0.29, 0.717) is 17.1 Å². The van der Waals surface area contributed by atoms with Gasteiger partial charge in [-0.2, -0.15) is 0 Å². The van der Waals surface area contributed by atoms with Crippen molar-refractivity contribution in [1.82, 2.24) is 10.2 Å². The van der Waals surface area contributed by atoms with Gasteiger partial charge in [-0.3, -0.25) is 5.10 Å². The highest BCUT2D eigenvalue weighted by Gasteiger charge is 2.14. The van der Waals surface area contributed by atoms with Crippen molar-refractivity contribution >= 4 is 28.5 Å². The minimum Gasteiger partial charge on any atom is -0.480 e. The van der Waals surface area contributed by atoms with Gasteiger partial charge in [-0.25, -0.2) is 9.59 Å². The van der Waals surface area contributed by atoms with Gasteiger partial charge in [-0.1, -0.05) is 0 Å². The zero-order valence-corrected chi connectivity index (χ0v) is 12.3. The number of nitrogens with one attached hydrogen (secondary N) is 2. The number of carbonyl (C=O) groups is 2. The fourth-order valence-electron chi connectivity index (χ4n) is 1.82. The Labute approximate surface area is 126 Å². The molecule has 0 aliphatic rings. The molecule has 8 nitrogen and oxygen atoms in total. The van der Waals surface area contributed by atoms with Gasteiger partial charge in [0.1, 0.15) is 5.70 Å². The van der Waals surface area contributed by atoms with E-state index >= 15 is 0 Å². The van der Waals surface area contributed by atoms with E-state index in [9.17, 15) is 9.59 Å². The Bertz CT molecular complexity index is 735. The van der Waals surface area contributed by atoms with E-state index in [-0.39, 0.29) is 5.70 Å². The van der Waals surface area contributed by atoms with Gasteiger partial charge in [0.15, 0.2) is 0 Å². The van der Waals surface area contributed by atoms with Crippen LogP contribution in [-0.2, 0) is 19.1 Å². The number of aromatic nitrogens is 2. The number of esters is 2. The average molecular weight is 305 g/mol. The van der Waals surface area contributed by atoms with E-state index < -0.39 is 11.9 Å². The number of benzene rings is 1. The lowest BCUT2D eigenvalue weighted by molar-refractivity contribution is -0.138. The standard InChI is InChI=1S/C14H15N3O5/c1-20-12(18)7-11(14(19)22-3)15-8-4-5-9-10(6-8)16-17-13(9)21-2/h4-7,15H,1-3H3,(H,16,17)/b11-7+. The molecule has 0 fully saturated rings. The SMILES string of the molecule is COC(=O)/C=C(/Nc1ccc2c(OC)n[nH]c2c1)C(=O)OC. The maximum atomic E-state index is 11.7. The number of fused-ring (bicyclic) bond motifs is 1. The summed E-state index contributed by atoms with van der Waals surface area (Å²) < 4.78 is 14.2. The summed E-state index contributed by atoms with van der Waals surface area (Å²) in [5, 5.41) is 10.4. The van der Waals surface area contributed by atoms with Crippen molar-refractivity contribution in [2.45, 2.75) is 0 Å². The van der Waals surface area contributed by atoms with Crippen molar-refractivity contribution in [2.24, 2.45) is 0 Å². The fourth-order valence-corrected chi connectivity index (χ4v) is 1.82. The van der Waals surface area contributed by atoms with Crippen LogP contribution in [0.3, 0.4) is 0 Å². The smallest absolute Gasteiger partial charge is 0.354 e. The summed E-state index contributed by atoms with van der Waals surface area (Å²) in [7, 11) is 3.96. The summed E-state index contributed by atoms with van der Waals surface area (Å²) in [5.74, 6) is -0.885. The molecule has 2 rings (SSSR count). The Morgan fingerprint density at radius 1 is 1.23 bits per heavy atom. The molecule has 1 aromatic heterocycles. The van der Waals surface area contributed by atoms with Crippen molar-refractivity contribution in [3.63, 3.8) is 0 Å². The Kier molecular flexibility index (Phi) is 4.62. The van der Waals surface area contributed by atoms with Crippen molar-refractivity contribution in [3.8, 4) is 5.88 Å². The third-order valence-electron chi connectivity index (χ3n) is 2.87. The van der Waals surface area contributed by atoms with Crippen LogP contribution >= 0.6 is 0 Å². The lowest BCUT2D eigenvalue weighted by Gasteiger charge is -2.09. The van der Waals surface area contributed by atoms with E-state index in [2.05, 4.69) is 25.0 Å². The van der Waals surface area contributed by atoms with Gasteiger partial charge in [0, 0.05) is 5.69 Å². The highest BCUT2D eigenvalue weighted by molar-refractivity contribution is 5.99. The molecule has 0 saturated heterocycles. The Morgan fingerprint density at radius 3 is 2.64 bits per heavy atom. The van der Waals surface area contributed by atoms with Crippen LogP contribution in [0.1, 0.15) is 0 Å². The molecule has 0 bridgehead atoms. The molecule has 0 radical (unpaired) electrons. The van der Waals surface area contributed by atoms with Crippen molar-refractivity contribution in [2.75, 3.05) is 26.6 Å². The highest BCUT2D eigenvalue weighted by atomic mass is 16.5. The number of nitrogens with zero attached hydrogens (tertiary/aromatic N) is 1. The number of aromatic amines is 1. The Morgan fingerprint density at radius 2 is 2.00 bits per heavy atom. The molecule has 116 valence electrons. The molecule has 0 aliphatic heterocycles.